The predicted octanol–water partition coefficient (Wildman–Crippen LogP) is 5.14. The number of carboxylic acids is 1. The molecule has 1 unspecified atom stereocenters. The van der Waals surface area contributed by atoms with Gasteiger partial charge in [-0.2, -0.15) is 18.3 Å². The second-order valence-corrected chi connectivity index (χ2v) is 9.85. The normalized spacial score (nSPS) is 18.6. The van der Waals surface area contributed by atoms with Crippen molar-refractivity contribution in [1.29, 1.82) is 0 Å². The number of rotatable bonds is 4. The van der Waals surface area contributed by atoms with Crippen LogP contribution in [0.3, 0.4) is 0 Å². The molecule has 0 saturated heterocycles. The number of nitrogens with one attached hydrogen (secondary N) is 1. The molecule has 1 aliphatic carbocycles. The molecule has 3 heterocycles. The highest BCUT2D eigenvalue weighted by Crippen LogP contribution is 2.34. The molecule has 4 aromatic rings. The molecule has 0 bridgehead atoms. The molecule has 3 aromatic heterocycles. The number of carbonyl (C=O) groups excluding carboxylic acids is 1. The number of nitrogens with two attached hydrogens (primary N) is 1. The van der Waals surface area contributed by atoms with Crippen molar-refractivity contribution in [2.75, 3.05) is 0 Å². The molecule has 15 heteroatoms. The fourth-order valence-electron chi connectivity index (χ4n) is 4.10. The number of aliphatic carboxylic acids is 1. The number of nitrogens with zero attached hydrogens (tertiary/aromatic N) is 3. The Hall–Kier alpha value is -3.98. The van der Waals surface area contributed by atoms with Gasteiger partial charge < -0.3 is 16.2 Å². The number of amides is 1. The van der Waals surface area contributed by atoms with Gasteiger partial charge in [-0.05, 0) is 42.7 Å². The first-order valence-corrected chi connectivity index (χ1v) is 12.6. The lowest BCUT2D eigenvalue weighted by Gasteiger charge is -2.36. The topological polar surface area (TPSA) is 123 Å². The Kier molecular flexibility index (Phi) is 8.16. The van der Waals surface area contributed by atoms with Crippen LogP contribution in [0.5, 0.6) is 0 Å². The standard InChI is InChI=1S/C23H20F3N5OS.C2HF3O2/c24-16-5-3-13(4-6-16)14-9-20-28-11-18(31(20)29-10-14)15-8-19(33-12-15)22(32)30-21-17(27)2-1-7-23(21,25)26;3-2(4,5)1(6)7/h3-6,8-12,17,21H,1-2,7,27H2,(H,30,32);(H,6,7)/t17-,21?;/m1./s1. The zero-order chi connectivity index (χ0) is 29.2. The van der Waals surface area contributed by atoms with Crippen molar-refractivity contribution in [3.05, 3.63) is 64.9 Å². The number of alkyl halides is 5. The third-order valence-electron chi connectivity index (χ3n) is 6.12. The summed E-state index contributed by atoms with van der Waals surface area (Å²) in [5, 5.41) is 15.8. The van der Waals surface area contributed by atoms with Crippen molar-refractivity contribution < 1.29 is 41.0 Å². The van der Waals surface area contributed by atoms with E-state index in [1.807, 2.05) is 6.07 Å². The van der Waals surface area contributed by atoms with Gasteiger partial charge in [-0.1, -0.05) is 12.1 Å². The van der Waals surface area contributed by atoms with Gasteiger partial charge in [0.15, 0.2) is 5.65 Å². The average molecular weight is 586 g/mol. The first-order chi connectivity index (χ1) is 18.8. The first-order valence-electron chi connectivity index (χ1n) is 11.7. The SMILES string of the molecule is N[C@@H]1CCCC(F)(F)C1NC(=O)c1cc(-c2cnc3cc(-c4ccc(F)cc4)cnn23)cs1.O=C(O)C(F)(F)F. The van der Waals surface area contributed by atoms with E-state index in [2.05, 4.69) is 15.4 Å². The monoisotopic (exact) mass is 585 g/mol. The zero-order valence-corrected chi connectivity index (χ0v) is 21.1. The summed E-state index contributed by atoms with van der Waals surface area (Å²) < 4.78 is 75.0. The van der Waals surface area contributed by atoms with Gasteiger partial charge in [-0.25, -0.2) is 27.5 Å². The molecule has 0 aliphatic heterocycles. The second-order valence-electron chi connectivity index (χ2n) is 8.94. The molecule has 1 saturated carbocycles. The van der Waals surface area contributed by atoms with Gasteiger partial charge in [0.05, 0.1) is 23.0 Å². The summed E-state index contributed by atoms with van der Waals surface area (Å²) in [5.41, 5.74) is 9.39. The molecule has 1 fully saturated rings. The number of halogens is 6. The molecule has 2 atom stereocenters. The Morgan fingerprint density at radius 2 is 1.77 bits per heavy atom. The second kappa shape index (κ2) is 11.3. The van der Waals surface area contributed by atoms with Crippen LogP contribution in [-0.2, 0) is 4.79 Å². The fraction of sp³-hybridized carbons (Fsp3) is 0.280. The highest BCUT2D eigenvalue weighted by molar-refractivity contribution is 7.12. The van der Waals surface area contributed by atoms with E-state index >= 15 is 0 Å². The number of carboxylic acid groups (broad SMARTS) is 1. The molecule has 1 amide bonds. The van der Waals surface area contributed by atoms with Crippen LogP contribution in [-0.4, -0.2) is 55.8 Å². The molecule has 212 valence electrons. The number of fused-ring (bicyclic) bond motifs is 1. The third-order valence-corrected chi connectivity index (χ3v) is 7.05. The molecule has 0 radical (unpaired) electrons. The van der Waals surface area contributed by atoms with E-state index in [1.54, 1.807) is 40.5 Å². The van der Waals surface area contributed by atoms with Crippen molar-refractivity contribution in [2.24, 2.45) is 5.73 Å². The van der Waals surface area contributed by atoms with Gasteiger partial charge in [0.25, 0.3) is 11.8 Å². The van der Waals surface area contributed by atoms with Crippen molar-refractivity contribution in [2.45, 2.75) is 43.4 Å². The van der Waals surface area contributed by atoms with Crippen LogP contribution >= 0.6 is 11.3 Å². The van der Waals surface area contributed by atoms with Crippen LogP contribution in [0.1, 0.15) is 28.9 Å². The quantitative estimate of drug-likeness (QED) is 0.285. The summed E-state index contributed by atoms with van der Waals surface area (Å²) in [4.78, 5) is 26.3. The minimum Gasteiger partial charge on any atom is -0.475 e. The highest BCUT2D eigenvalue weighted by atomic mass is 32.1. The minimum absolute atomic E-state index is 0.283. The molecule has 4 N–H and O–H groups in total. The maximum atomic E-state index is 14.2. The minimum atomic E-state index is -5.08. The smallest absolute Gasteiger partial charge is 0.475 e. The summed E-state index contributed by atoms with van der Waals surface area (Å²) in [5.74, 6) is -6.68. The maximum Gasteiger partial charge on any atom is 0.490 e. The molecule has 8 nitrogen and oxygen atoms in total. The van der Waals surface area contributed by atoms with Crippen LogP contribution in [0.4, 0.5) is 26.3 Å². The summed E-state index contributed by atoms with van der Waals surface area (Å²) in [6.45, 7) is 0. The average Bonchev–Trinajstić information content (AvgIpc) is 3.53. The third kappa shape index (κ3) is 6.42. The Morgan fingerprint density at radius 1 is 1.10 bits per heavy atom. The number of hydrogen-bond acceptors (Lipinski definition) is 6. The van der Waals surface area contributed by atoms with Gasteiger partial charge in [-0.15, -0.1) is 11.3 Å². The Balaban J connectivity index is 0.000000470. The molecule has 1 aliphatic rings. The number of aromatic nitrogens is 3. The van der Waals surface area contributed by atoms with Gasteiger partial charge in [0.2, 0.25) is 0 Å². The van der Waals surface area contributed by atoms with Gasteiger partial charge in [0, 0.05) is 29.0 Å². The molecular weight excluding hydrogens is 564 g/mol. The van der Waals surface area contributed by atoms with E-state index in [-0.39, 0.29) is 12.2 Å². The van der Waals surface area contributed by atoms with Gasteiger partial charge in [-0.3, -0.25) is 4.79 Å². The number of benzene rings is 1. The molecule has 40 heavy (non-hydrogen) atoms. The summed E-state index contributed by atoms with van der Waals surface area (Å²) in [6, 6.07) is 7.38. The van der Waals surface area contributed by atoms with Crippen molar-refractivity contribution in [3.63, 3.8) is 0 Å². The molecule has 1 aromatic carbocycles. The van der Waals surface area contributed by atoms with Gasteiger partial charge >= 0.3 is 12.1 Å². The van der Waals surface area contributed by atoms with E-state index < -0.39 is 36.1 Å². The Morgan fingerprint density at radius 3 is 2.40 bits per heavy atom. The number of thiophene rings is 1. The largest absolute Gasteiger partial charge is 0.490 e. The predicted molar refractivity (Wildman–Crippen MR) is 133 cm³/mol. The summed E-state index contributed by atoms with van der Waals surface area (Å²) in [6.07, 6.45) is -1.30. The van der Waals surface area contributed by atoms with E-state index in [0.717, 1.165) is 22.5 Å². The van der Waals surface area contributed by atoms with Crippen LogP contribution in [0.2, 0.25) is 0 Å². The fourth-order valence-corrected chi connectivity index (χ4v) is 4.90. The summed E-state index contributed by atoms with van der Waals surface area (Å²) in [7, 11) is 0. The van der Waals surface area contributed by atoms with Crippen molar-refractivity contribution >= 4 is 28.9 Å². The van der Waals surface area contributed by atoms with E-state index in [9.17, 15) is 31.1 Å². The van der Waals surface area contributed by atoms with E-state index in [4.69, 9.17) is 15.6 Å². The zero-order valence-electron chi connectivity index (χ0n) is 20.3. The van der Waals surface area contributed by atoms with Crippen LogP contribution in [0.15, 0.2) is 54.2 Å². The van der Waals surface area contributed by atoms with Crippen LogP contribution in [0, 0.1) is 5.82 Å². The molecular formula is C25H21F6N5O3S. The molecule has 5 rings (SSSR count). The first kappa shape index (κ1) is 29.0. The highest BCUT2D eigenvalue weighted by Gasteiger charge is 2.46. The Bertz CT molecular complexity index is 1520. The number of hydrogen-bond donors (Lipinski definition) is 3. The van der Waals surface area contributed by atoms with E-state index in [1.165, 1.54) is 12.1 Å². The maximum absolute atomic E-state index is 14.2. The molecule has 0 spiro atoms. The summed E-state index contributed by atoms with van der Waals surface area (Å²) >= 11 is 1.15. The van der Waals surface area contributed by atoms with E-state index in [0.29, 0.717) is 34.6 Å². The lowest BCUT2D eigenvalue weighted by atomic mass is 9.87. The lowest BCUT2D eigenvalue weighted by Crippen LogP contribution is -2.59. The Labute approximate surface area is 226 Å². The van der Waals surface area contributed by atoms with Crippen molar-refractivity contribution in [1.82, 2.24) is 19.9 Å². The van der Waals surface area contributed by atoms with Crippen LogP contribution < -0.4 is 11.1 Å². The number of imidazole rings is 1. The number of carbonyl (C=O) groups is 2. The van der Waals surface area contributed by atoms with Crippen molar-refractivity contribution in [3.8, 4) is 22.4 Å². The van der Waals surface area contributed by atoms with Gasteiger partial charge in [0.1, 0.15) is 11.9 Å². The lowest BCUT2D eigenvalue weighted by molar-refractivity contribution is -0.192. The van der Waals surface area contributed by atoms with Crippen LogP contribution in [0.25, 0.3) is 28.0 Å².